The van der Waals surface area contributed by atoms with Gasteiger partial charge in [-0.3, -0.25) is 4.79 Å². The summed E-state index contributed by atoms with van der Waals surface area (Å²) in [5.74, 6) is 1.56. The Balaban J connectivity index is 1.97. The van der Waals surface area contributed by atoms with Gasteiger partial charge in [0.05, 0.1) is 12.1 Å². The first kappa shape index (κ1) is 16.4. The Morgan fingerprint density at radius 3 is 2.52 bits per heavy atom. The lowest BCUT2D eigenvalue weighted by Gasteiger charge is -2.32. The molecular weight excluding hydrogens is 288 g/mol. The fraction of sp³-hybridized carbons (Fsp3) is 0.722. The number of aromatic nitrogens is 2. The second kappa shape index (κ2) is 5.55. The van der Waals surface area contributed by atoms with Crippen molar-refractivity contribution < 1.29 is 4.79 Å². The molecule has 3 rings (SSSR count). The summed E-state index contributed by atoms with van der Waals surface area (Å²) in [5.41, 5.74) is 2.01. The smallest absolute Gasteiger partial charge is 0.230 e. The second-order valence-corrected chi connectivity index (χ2v) is 8.61. The summed E-state index contributed by atoms with van der Waals surface area (Å²) in [6.07, 6.45) is 3.73. The fourth-order valence-electron chi connectivity index (χ4n) is 3.54. The number of anilines is 1. The van der Waals surface area contributed by atoms with Crippen molar-refractivity contribution in [2.45, 2.75) is 71.8 Å². The van der Waals surface area contributed by atoms with Gasteiger partial charge in [0, 0.05) is 17.0 Å². The Kier molecular flexibility index (Phi) is 3.95. The molecule has 0 radical (unpaired) electrons. The maximum atomic E-state index is 11.8. The Morgan fingerprint density at radius 2 is 1.91 bits per heavy atom. The van der Waals surface area contributed by atoms with Gasteiger partial charge in [0.1, 0.15) is 11.6 Å². The topological polar surface area (TPSA) is 66.9 Å². The molecule has 0 spiro atoms. The monoisotopic (exact) mass is 316 g/mol. The molecule has 1 amide bonds. The number of nitrogens with zero attached hydrogens (tertiary/aromatic N) is 2. The lowest BCUT2D eigenvalue weighted by molar-refractivity contribution is -0.115. The zero-order valence-corrected chi connectivity index (χ0v) is 14.9. The minimum Gasteiger partial charge on any atom is -0.313 e. The standard InChI is InChI=1S/C18H28N4O/c1-17(2,3)16-20-12(11-9-14(23)21-15(11)22-16)10-18(4,5)13-7-6-8-19-13/h13,19H,6-10H2,1-5H3,(H,20,21,22,23). The molecule has 1 saturated heterocycles. The molecule has 0 aliphatic carbocycles. The van der Waals surface area contributed by atoms with Crippen LogP contribution in [0.2, 0.25) is 0 Å². The molecule has 5 nitrogen and oxygen atoms in total. The van der Waals surface area contributed by atoms with Gasteiger partial charge in [-0.05, 0) is 31.2 Å². The maximum absolute atomic E-state index is 11.8. The first-order valence-corrected chi connectivity index (χ1v) is 8.60. The van der Waals surface area contributed by atoms with Crippen LogP contribution < -0.4 is 10.6 Å². The zero-order chi connectivity index (χ0) is 16.8. The van der Waals surface area contributed by atoms with Gasteiger partial charge in [0.15, 0.2) is 0 Å². The van der Waals surface area contributed by atoms with E-state index in [2.05, 4.69) is 50.2 Å². The number of rotatable bonds is 3. The third-order valence-electron chi connectivity index (χ3n) is 4.99. The molecule has 5 heteroatoms. The van der Waals surface area contributed by atoms with Crippen molar-refractivity contribution in [3.63, 3.8) is 0 Å². The molecule has 126 valence electrons. The SMILES string of the molecule is CC(C)(C)c1nc(CC(C)(C)C2CCCN2)c2c(n1)NC(=O)C2. The number of carbonyl (C=O) groups is 1. The lowest BCUT2D eigenvalue weighted by Crippen LogP contribution is -2.39. The highest BCUT2D eigenvalue weighted by atomic mass is 16.1. The van der Waals surface area contributed by atoms with E-state index in [0.29, 0.717) is 12.5 Å². The van der Waals surface area contributed by atoms with Crippen LogP contribution in [-0.2, 0) is 23.1 Å². The van der Waals surface area contributed by atoms with E-state index in [-0.39, 0.29) is 16.7 Å². The van der Waals surface area contributed by atoms with Crippen molar-refractivity contribution in [3.05, 3.63) is 17.1 Å². The van der Waals surface area contributed by atoms with Crippen LogP contribution >= 0.6 is 0 Å². The highest BCUT2D eigenvalue weighted by Crippen LogP contribution is 2.35. The highest BCUT2D eigenvalue weighted by Gasteiger charge is 2.35. The van der Waals surface area contributed by atoms with E-state index in [9.17, 15) is 4.79 Å². The molecule has 1 fully saturated rings. The normalized spacial score (nSPS) is 21.4. The van der Waals surface area contributed by atoms with Crippen molar-refractivity contribution >= 4 is 11.7 Å². The molecule has 3 heterocycles. The van der Waals surface area contributed by atoms with Crippen LogP contribution in [0.15, 0.2) is 0 Å². The average Bonchev–Trinajstić information content (AvgIpc) is 3.05. The van der Waals surface area contributed by atoms with E-state index in [0.717, 1.165) is 35.9 Å². The third kappa shape index (κ3) is 3.25. The molecule has 2 aliphatic rings. The largest absolute Gasteiger partial charge is 0.313 e. The summed E-state index contributed by atoms with van der Waals surface area (Å²) in [5, 5.41) is 6.51. The second-order valence-electron chi connectivity index (χ2n) is 8.61. The van der Waals surface area contributed by atoms with E-state index in [1.54, 1.807) is 0 Å². The minimum atomic E-state index is -0.132. The van der Waals surface area contributed by atoms with Gasteiger partial charge in [-0.25, -0.2) is 9.97 Å². The molecule has 0 aromatic carbocycles. The van der Waals surface area contributed by atoms with E-state index >= 15 is 0 Å². The van der Waals surface area contributed by atoms with Crippen LogP contribution in [0.1, 0.15) is 64.5 Å². The van der Waals surface area contributed by atoms with E-state index in [1.807, 2.05) is 0 Å². The van der Waals surface area contributed by atoms with Crippen LogP contribution in [0.4, 0.5) is 5.82 Å². The van der Waals surface area contributed by atoms with Crippen molar-refractivity contribution in [3.8, 4) is 0 Å². The predicted octanol–water partition coefficient (Wildman–Crippen LogP) is 2.59. The van der Waals surface area contributed by atoms with Gasteiger partial charge >= 0.3 is 0 Å². The number of fused-ring (bicyclic) bond motifs is 1. The van der Waals surface area contributed by atoms with Gasteiger partial charge in [-0.15, -0.1) is 0 Å². The Hall–Kier alpha value is -1.49. The van der Waals surface area contributed by atoms with Crippen molar-refractivity contribution in [2.75, 3.05) is 11.9 Å². The lowest BCUT2D eigenvalue weighted by atomic mass is 9.78. The minimum absolute atomic E-state index is 0.0263. The Labute approximate surface area is 138 Å². The molecule has 1 aromatic rings. The summed E-state index contributed by atoms with van der Waals surface area (Å²) >= 11 is 0. The summed E-state index contributed by atoms with van der Waals surface area (Å²) in [6, 6.07) is 0.510. The van der Waals surface area contributed by atoms with Crippen LogP contribution in [0.5, 0.6) is 0 Å². The molecule has 0 saturated carbocycles. The van der Waals surface area contributed by atoms with Gasteiger partial charge in [0.2, 0.25) is 5.91 Å². The summed E-state index contributed by atoms with van der Waals surface area (Å²) in [7, 11) is 0. The average molecular weight is 316 g/mol. The molecule has 23 heavy (non-hydrogen) atoms. The van der Waals surface area contributed by atoms with Crippen molar-refractivity contribution in [1.82, 2.24) is 15.3 Å². The van der Waals surface area contributed by atoms with Crippen LogP contribution in [-0.4, -0.2) is 28.5 Å². The van der Waals surface area contributed by atoms with Crippen LogP contribution in [0, 0.1) is 5.41 Å². The zero-order valence-electron chi connectivity index (χ0n) is 14.9. The number of nitrogens with one attached hydrogen (secondary N) is 2. The Bertz CT molecular complexity index is 625. The molecule has 1 unspecified atom stereocenters. The summed E-state index contributed by atoms with van der Waals surface area (Å²) in [6.45, 7) is 12.0. The molecule has 1 aromatic heterocycles. The van der Waals surface area contributed by atoms with E-state index in [1.165, 1.54) is 12.8 Å². The highest BCUT2D eigenvalue weighted by molar-refractivity contribution is 5.98. The third-order valence-corrected chi connectivity index (χ3v) is 4.99. The quantitative estimate of drug-likeness (QED) is 0.899. The van der Waals surface area contributed by atoms with Crippen LogP contribution in [0.3, 0.4) is 0 Å². The maximum Gasteiger partial charge on any atom is 0.230 e. The first-order valence-electron chi connectivity index (χ1n) is 8.60. The molecular formula is C18H28N4O. The summed E-state index contributed by atoms with van der Waals surface area (Å²) in [4.78, 5) is 21.3. The van der Waals surface area contributed by atoms with Crippen molar-refractivity contribution in [2.24, 2.45) is 5.41 Å². The number of amides is 1. The summed E-state index contributed by atoms with van der Waals surface area (Å²) < 4.78 is 0. The molecule has 1 atom stereocenters. The van der Waals surface area contributed by atoms with Crippen LogP contribution in [0.25, 0.3) is 0 Å². The Morgan fingerprint density at radius 1 is 1.17 bits per heavy atom. The van der Waals surface area contributed by atoms with Gasteiger partial charge in [-0.1, -0.05) is 34.6 Å². The first-order chi connectivity index (χ1) is 10.7. The van der Waals surface area contributed by atoms with E-state index in [4.69, 9.17) is 4.98 Å². The molecule has 2 aliphatic heterocycles. The molecule has 0 bridgehead atoms. The predicted molar refractivity (Wildman–Crippen MR) is 91.6 cm³/mol. The number of hydrogen-bond acceptors (Lipinski definition) is 4. The fourth-order valence-corrected chi connectivity index (χ4v) is 3.54. The number of hydrogen-bond donors (Lipinski definition) is 2. The van der Waals surface area contributed by atoms with Gasteiger partial charge in [-0.2, -0.15) is 0 Å². The molecule has 2 N–H and O–H groups in total. The number of carbonyl (C=O) groups excluding carboxylic acids is 1. The van der Waals surface area contributed by atoms with E-state index < -0.39 is 0 Å². The van der Waals surface area contributed by atoms with Gasteiger partial charge in [0.25, 0.3) is 0 Å². The van der Waals surface area contributed by atoms with Crippen molar-refractivity contribution in [1.29, 1.82) is 0 Å². The van der Waals surface area contributed by atoms with Gasteiger partial charge < -0.3 is 10.6 Å².